The van der Waals surface area contributed by atoms with Crippen LogP contribution in [0.15, 0.2) is 71.1 Å². The first-order valence-electron chi connectivity index (χ1n) is 11.0. The van der Waals surface area contributed by atoms with Gasteiger partial charge in [-0.05, 0) is 24.6 Å². The van der Waals surface area contributed by atoms with E-state index in [4.69, 9.17) is 0 Å². The van der Waals surface area contributed by atoms with E-state index in [1.807, 2.05) is 52.5 Å². The lowest BCUT2D eigenvalue weighted by Crippen LogP contribution is -2.27. The molecular weight excluding hydrogens is 434 g/mol. The van der Waals surface area contributed by atoms with Gasteiger partial charge in [0.25, 0.3) is 11.5 Å². The van der Waals surface area contributed by atoms with Crippen molar-refractivity contribution in [1.29, 1.82) is 0 Å². The molecule has 0 unspecified atom stereocenters. The number of carbonyl (C=O) groups is 1. The lowest BCUT2D eigenvalue weighted by molar-refractivity contribution is 0.102. The predicted octanol–water partition coefficient (Wildman–Crippen LogP) is 5.22. The highest BCUT2D eigenvalue weighted by Gasteiger charge is 2.17. The van der Waals surface area contributed by atoms with E-state index in [2.05, 4.69) is 22.3 Å². The Morgan fingerprint density at radius 3 is 2.61 bits per heavy atom. The van der Waals surface area contributed by atoms with E-state index in [-0.39, 0.29) is 17.2 Å². The SMILES string of the molecule is CCCCCn1nc(C(=O)Nc2ccc(-c3cn4ccsc4n3)cc2)c2ccccc2c1=O. The largest absolute Gasteiger partial charge is 0.321 e. The third-order valence-electron chi connectivity index (χ3n) is 5.59. The first-order valence-corrected chi connectivity index (χ1v) is 11.9. The molecule has 7 nitrogen and oxygen atoms in total. The average Bonchev–Trinajstić information content (AvgIpc) is 3.44. The van der Waals surface area contributed by atoms with Crippen LogP contribution in [0, 0.1) is 0 Å². The molecule has 0 radical (unpaired) electrons. The Bertz CT molecular complexity index is 1470. The van der Waals surface area contributed by atoms with Crippen molar-refractivity contribution in [3.05, 3.63) is 82.4 Å². The molecule has 0 bridgehead atoms. The molecular formula is C25H23N5O2S. The molecule has 33 heavy (non-hydrogen) atoms. The zero-order valence-electron chi connectivity index (χ0n) is 18.2. The molecule has 0 aliphatic carbocycles. The number of aryl methyl sites for hydroxylation is 1. The number of rotatable bonds is 7. The first kappa shape index (κ1) is 21.1. The van der Waals surface area contributed by atoms with Crippen LogP contribution in [0.3, 0.4) is 0 Å². The summed E-state index contributed by atoms with van der Waals surface area (Å²) in [5.41, 5.74) is 2.59. The van der Waals surface area contributed by atoms with Crippen LogP contribution in [0.4, 0.5) is 5.69 Å². The van der Waals surface area contributed by atoms with Gasteiger partial charge in [0.05, 0.1) is 11.1 Å². The lowest BCUT2D eigenvalue weighted by Gasteiger charge is -2.11. The first-order chi connectivity index (χ1) is 16.1. The fourth-order valence-electron chi connectivity index (χ4n) is 3.85. The number of unbranched alkanes of at least 4 members (excludes halogenated alkanes) is 2. The second-order valence-corrected chi connectivity index (χ2v) is 8.75. The van der Waals surface area contributed by atoms with E-state index >= 15 is 0 Å². The van der Waals surface area contributed by atoms with Crippen molar-refractivity contribution < 1.29 is 4.79 Å². The van der Waals surface area contributed by atoms with Gasteiger partial charge in [-0.3, -0.25) is 14.0 Å². The number of nitrogens with one attached hydrogen (secondary N) is 1. The van der Waals surface area contributed by atoms with Gasteiger partial charge in [-0.1, -0.05) is 50.1 Å². The maximum Gasteiger partial charge on any atom is 0.276 e. The Hall–Kier alpha value is -3.78. The van der Waals surface area contributed by atoms with Gasteiger partial charge in [-0.15, -0.1) is 11.3 Å². The number of hydrogen-bond donors (Lipinski definition) is 1. The number of aromatic nitrogens is 4. The zero-order chi connectivity index (χ0) is 22.8. The van der Waals surface area contributed by atoms with Crippen LogP contribution < -0.4 is 10.9 Å². The molecule has 1 N–H and O–H groups in total. The Kier molecular flexibility index (Phi) is 5.75. The minimum atomic E-state index is -0.342. The molecule has 0 saturated heterocycles. The number of hydrogen-bond acceptors (Lipinski definition) is 5. The van der Waals surface area contributed by atoms with Gasteiger partial charge < -0.3 is 5.32 Å². The van der Waals surface area contributed by atoms with E-state index in [9.17, 15) is 9.59 Å². The fourth-order valence-corrected chi connectivity index (χ4v) is 4.55. The summed E-state index contributed by atoms with van der Waals surface area (Å²) < 4.78 is 3.41. The molecule has 0 spiro atoms. The summed E-state index contributed by atoms with van der Waals surface area (Å²) in [6.45, 7) is 2.60. The molecule has 5 rings (SSSR count). The molecule has 0 atom stereocenters. The van der Waals surface area contributed by atoms with Crippen molar-refractivity contribution in [2.24, 2.45) is 0 Å². The highest BCUT2D eigenvalue weighted by molar-refractivity contribution is 7.15. The summed E-state index contributed by atoms with van der Waals surface area (Å²) >= 11 is 1.58. The van der Waals surface area contributed by atoms with Gasteiger partial charge in [0.15, 0.2) is 10.7 Å². The Labute approximate surface area is 194 Å². The van der Waals surface area contributed by atoms with Gasteiger partial charge in [0.2, 0.25) is 0 Å². The minimum Gasteiger partial charge on any atom is -0.321 e. The van der Waals surface area contributed by atoms with Crippen molar-refractivity contribution in [2.75, 3.05) is 5.32 Å². The van der Waals surface area contributed by atoms with Gasteiger partial charge in [0, 0.05) is 41.0 Å². The number of amides is 1. The summed E-state index contributed by atoms with van der Waals surface area (Å²) in [6.07, 6.45) is 6.85. The lowest BCUT2D eigenvalue weighted by atomic mass is 10.1. The molecule has 5 aromatic rings. The van der Waals surface area contributed by atoms with E-state index in [0.717, 1.165) is 35.5 Å². The summed E-state index contributed by atoms with van der Waals surface area (Å²) in [6, 6.07) is 14.7. The second kappa shape index (κ2) is 8.99. The second-order valence-electron chi connectivity index (χ2n) is 7.88. The van der Waals surface area contributed by atoms with Crippen molar-refractivity contribution in [1.82, 2.24) is 19.2 Å². The van der Waals surface area contributed by atoms with Crippen LogP contribution in [-0.4, -0.2) is 25.1 Å². The normalized spacial score (nSPS) is 11.3. The van der Waals surface area contributed by atoms with Crippen LogP contribution in [-0.2, 0) is 6.54 Å². The monoisotopic (exact) mass is 457 g/mol. The van der Waals surface area contributed by atoms with Gasteiger partial charge in [-0.2, -0.15) is 5.10 Å². The van der Waals surface area contributed by atoms with Crippen molar-refractivity contribution in [2.45, 2.75) is 32.7 Å². The van der Waals surface area contributed by atoms with E-state index in [0.29, 0.717) is 23.0 Å². The summed E-state index contributed by atoms with van der Waals surface area (Å²) in [4.78, 5) is 31.5. The van der Waals surface area contributed by atoms with Crippen LogP contribution in [0.5, 0.6) is 0 Å². The average molecular weight is 458 g/mol. The molecule has 0 fully saturated rings. The molecule has 8 heteroatoms. The Balaban J connectivity index is 1.42. The number of anilines is 1. The van der Waals surface area contributed by atoms with Crippen LogP contribution in [0.1, 0.15) is 36.7 Å². The van der Waals surface area contributed by atoms with Gasteiger partial charge in [-0.25, -0.2) is 9.67 Å². The van der Waals surface area contributed by atoms with Crippen molar-refractivity contribution in [3.63, 3.8) is 0 Å². The molecule has 2 aromatic carbocycles. The number of benzene rings is 2. The summed E-state index contributed by atoms with van der Waals surface area (Å²) in [7, 11) is 0. The van der Waals surface area contributed by atoms with Crippen molar-refractivity contribution in [3.8, 4) is 11.3 Å². The van der Waals surface area contributed by atoms with Gasteiger partial charge >= 0.3 is 0 Å². The quantitative estimate of drug-likeness (QED) is 0.340. The maximum absolute atomic E-state index is 13.2. The number of thiazole rings is 1. The van der Waals surface area contributed by atoms with E-state index in [1.165, 1.54) is 4.68 Å². The van der Waals surface area contributed by atoms with Crippen molar-refractivity contribution >= 4 is 38.7 Å². The molecule has 0 aliphatic rings. The molecule has 0 aliphatic heterocycles. The number of nitrogens with zero attached hydrogens (tertiary/aromatic N) is 4. The molecule has 1 amide bonds. The fraction of sp³-hybridized carbons (Fsp3) is 0.200. The molecule has 0 saturated carbocycles. The van der Waals surface area contributed by atoms with Crippen LogP contribution in [0.25, 0.3) is 27.0 Å². The molecule has 3 aromatic heterocycles. The minimum absolute atomic E-state index is 0.164. The predicted molar refractivity (Wildman–Crippen MR) is 132 cm³/mol. The topological polar surface area (TPSA) is 81.3 Å². The third kappa shape index (κ3) is 4.17. The Morgan fingerprint density at radius 2 is 1.85 bits per heavy atom. The number of imidazole rings is 1. The third-order valence-corrected chi connectivity index (χ3v) is 6.36. The van der Waals surface area contributed by atoms with Crippen LogP contribution >= 0.6 is 11.3 Å². The highest BCUT2D eigenvalue weighted by atomic mass is 32.1. The van der Waals surface area contributed by atoms with E-state index in [1.54, 1.807) is 29.5 Å². The number of fused-ring (bicyclic) bond motifs is 2. The summed E-state index contributed by atoms with van der Waals surface area (Å²) in [5.74, 6) is -0.342. The summed E-state index contributed by atoms with van der Waals surface area (Å²) in [5, 5.41) is 10.4. The standard InChI is InChI=1S/C25H23N5O2S/c1-2-3-6-13-30-24(32)20-8-5-4-7-19(20)22(28-30)23(31)26-18-11-9-17(10-12-18)21-16-29-14-15-33-25(29)27-21/h4-5,7-12,14-16H,2-3,6,13H2,1H3,(H,26,31). The highest BCUT2D eigenvalue weighted by Crippen LogP contribution is 2.23. The maximum atomic E-state index is 13.2. The Morgan fingerprint density at radius 1 is 1.06 bits per heavy atom. The van der Waals surface area contributed by atoms with E-state index < -0.39 is 0 Å². The number of carbonyl (C=O) groups excluding carboxylic acids is 1. The van der Waals surface area contributed by atoms with Crippen LogP contribution in [0.2, 0.25) is 0 Å². The zero-order valence-corrected chi connectivity index (χ0v) is 19.0. The van der Waals surface area contributed by atoms with Gasteiger partial charge in [0.1, 0.15) is 0 Å². The molecule has 3 heterocycles. The smallest absolute Gasteiger partial charge is 0.276 e. The molecule has 166 valence electrons.